The lowest BCUT2D eigenvalue weighted by Crippen LogP contribution is -2.01. The topological polar surface area (TPSA) is 72.8 Å². The van der Waals surface area contributed by atoms with E-state index in [1.807, 2.05) is 0 Å². The molecule has 0 unspecified atom stereocenters. The van der Waals surface area contributed by atoms with Crippen LogP contribution in [0.25, 0.3) is 0 Å². The average molecular weight is 222 g/mol. The second-order valence-electron chi connectivity index (χ2n) is 2.71. The quantitative estimate of drug-likeness (QED) is 0.526. The van der Waals surface area contributed by atoms with E-state index in [9.17, 15) is 9.36 Å². The van der Waals surface area contributed by atoms with Gasteiger partial charge in [-0.3, -0.25) is 4.57 Å². The number of carbonyl (C=O) groups is 1. The molecule has 0 fully saturated rings. The Morgan fingerprint density at radius 2 is 1.93 bits per heavy atom. The number of carboxylic acid groups (broad SMARTS) is 1. The first kappa shape index (κ1) is 13.4. The fraction of sp³-hybridized carbons (Fsp3) is 0.625. The molecule has 0 saturated heterocycles. The minimum Gasteiger partial charge on any atom is -0.478 e. The molecular weight excluding hydrogens is 207 g/mol. The highest BCUT2D eigenvalue weighted by Crippen LogP contribution is 2.47. The molecule has 0 atom stereocenters. The van der Waals surface area contributed by atoms with E-state index in [0.29, 0.717) is 6.42 Å². The molecule has 0 rings (SSSR count). The largest absolute Gasteiger partial charge is 0.478 e. The lowest BCUT2D eigenvalue weighted by atomic mass is 10.2. The third kappa shape index (κ3) is 4.56. The van der Waals surface area contributed by atoms with Gasteiger partial charge in [0.15, 0.2) is 0 Å². The summed E-state index contributed by atoms with van der Waals surface area (Å²) in [6.45, 7) is 3.35. The molecule has 0 aromatic rings. The Hall–Kier alpha value is -0.640. The van der Waals surface area contributed by atoms with Crippen molar-refractivity contribution < 1.29 is 23.5 Å². The van der Waals surface area contributed by atoms with Gasteiger partial charge < -0.3 is 14.2 Å². The van der Waals surface area contributed by atoms with Crippen molar-refractivity contribution in [1.82, 2.24) is 0 Å². The Morgan fingerprint density at radius 3 is 2.29 bits per heavy atom. The van der Waals surface area contributed by atoms with Crippen molar-refractivity contribution in [3.63, 3.8) is 0 Å². The molecule has 0 aliphatic heterocycles. The fourth-order valence-electron chi connectivity index (χ4n) is 0.850. The molecule has 14 heavy (non-hydrogen) atoms. The molecular formula is C8H15O5P. The maximum absolute atomic E-state index is 11.5. The van der Waals surface area contributed by atoms with Gasteiger partial charge in [0, 0.05) is 19.8 Å². The van der Waals surface area contributed by atoms with E-state index in [2.05, 4.69) is 15.6 Å². The Bertz CT molecular complexity index is 252. The van der Waals surface area contributed by atoms with Crippen molar-refractivity contribution in [2.24, 2.45) is 0 Å². The highest BCUT2D eigenvalue weighted by atomic mass is 31.2. The van der Waals surface area contributed by atoms with Gasteiger partial charge in [-0.15, -0.1) is 0 Å². The van der Waals surface area contributed by atoms with Gasteiger partial charge >= 0.3 is 13.6 Å². The fourth-order valence-corrected chi connectivity index (χ4v) is 1.91. The normalized spacial score (nSPS) is 11.3. The Kier molecular flexibility index (Phi) is 5.69. The minimum absolute atomic E-state index is 0.101. The van der Waals surface area contributed by atoms with Crippen LogP contribution in [-0.2, 0) is 18.4 Å². The van der Waals surface area contributed by atoms with Crippen molar-refractivity contribution in [2.75, 3.05) is 20.4 Å². The van der Waals surface area contributed by atoms with Gasteiger partial charge in [-0.2, -0.15) is 0 Å². The molecule has 0 saturated carbocycles. The van der Waals surface area contributed by atoms with Gasteiger partial charge in [-0.1, -0.05) is 6.58 Å². The van der Waals surface area contributed by atoms with E-state index < -0.39 is 13.6 Å². The van der Waals surface area contributed by atoms with Crippen molar-refractivity contribution in [3.05, 3.63) is 12.2 Å². The lowest BCUT2D eigenvalue weighted by Gasteiger charge is -2.12. The molecule has 5 nitrogen and oxygen atoms in total. The highest BCUT2D eigenvalue weighted by Gasteiger charge is 2.20. The third-order valence-corrected chi connectivity index (χ3v) is 3.75. The first-order valence-corrected chi connectivity index (χ1v) is 5.79. The van der Waals surface area contributed by atoms with E-state index in [4.69, 9.17) is 5.11 Å². The molecule has 0 amide bonds. The van der Waals surface area contributed by atoms with Gasteiger partial charge in [0.2, 0.25) is 0 Å². The summed E-state index contributed by atoms with van der Waals surface area (Å²) in [5, 5.41) is 8.49. The van der Waals surface area contributed by atoms with Crippen LogP contribution in [0.4, 0.5) is 0 Å². The van der Waals surface area contributed by atoms with E-state index in [1.54, 1.807) is 0 Å². The van der Waals surface area contributed by atoms with Crippen LogP contribution in [0.2, 0.25) is 0 Å². The molecule has 0 spiro atoms. The van der Waals surface area contributed by atoms with Gasteiger partial charge in [0.1, 0.15) is 0 Å². The summed E-state index contributed by atoms with van der Waals surface area (Å²) in [5.41, 5.74) is 0.101. The van der Waals surface area contributed by atoms with Gasteiger partial charge in [-0.05, 0) is 12.8 Å². The third-order valence-electron chi connectivity index (χ3n) is 1.77. The average Bonchev–Trinajstić information content (AvgIpc) is 2.17. The van der Waals surface area contributed by atoms with Gasteiger partial charge in [-0.25, -0.2) is 4.79 Å². The van der Waals surface area contributed by atoms with Crippen LogP contribution in [0.15, 0.2) is 12.2 Å². The van der Waals surface area contributed by atoms with Crippen LogP contribution < -0.4 is 0 Å². The van der Waals surface area contributed by atoms with Crippen LogP contribution >= 0.6 is 7.60 Å². The number of rotatable bonds is 7. The predicted octanol–water partition coefficient (Wildman–Crippen LogP) is 1.89. The molecule has 6 heteroatoms. The zero-order chi connectivity index (χ0) is 11.2. The summed E-state index contributed by atoms with van der Waals surface area (Å²) in [7, 11) is -0.398. The number of hydrogen-bond donors (Lipinski definition) is 1. The smallest absolute Gasteiger partial charge is 0.330 e. The second-order valence-corrected chi connectivity index (χ2v) is 5.11. The summed E-state index contributed by atoms with van der Waals surface area (Å²) in [4.78, 5) is 10.4. The molecule has 0 bridgehead atoms. The van der Waals surface area contributed by atoms with E-state index >= 15 is 0 Å². The molecule has 82 valence electrons. The second kappa shape index (κ2) is 5.96. The first-order valence-electron chi connectivity index (χ1n) is 4.07. The summed E-state index contributed by atoms with van der Waals surface area (Å²) in [6, 6.07) is 0. The summed E-state index contributed by atoms with van der Waals surface area (Å²) >= 11 is 0. The minimum atomic E-state index is -3.00. The molecule has 0 aromatic heterocycles. The van der Waals surface area contributed by atoms with Crippen molar-refractivity contribution in [1.29, 1.82) is 0 Å². The van der Waals surface area contributed by atoms with Crippen molar-refractivity contribution >= 4 is 13.6 Å². The molecule has 0 aliphatic carbocycles. The SMILES string of the molecule is C=C(CCCP(=O)(OC)OC)C(=O)O. The van der Waals surface area contributed by atoms with Crippen LogP contribution in [0.3, 0.4) is 0 Å². The molecule has 0 heterocycles. The summed E-state index contributed by atoms with van der Waals surface area (Å²) in [5.74, 6) is -1.03. The monoisotopic (exact) mass is 222 g/mol. The van der Waals surface area contributed by atoms with Crippen LogP contribution in [-0.4, -0.2) is 31.5 Å². The maximum atomic E-state index is 11.5. The van der Waals surface area contributed by atoms with Gasteiger partial charge in [0.25, 0.3) is 0 Å². The maximum Gasteiger partial charge on any atom is 0.330 e. The standard InChI is InChI=1S/C8H15O5P/c1-7(8(9)10)5-4-6-14(11,12-2)13-3/h1,4-6H2,2-3H3,(H,9,10). The lowest BCUT2D eigenvalue weighted by molar-refractivity contribution is -0.132. The first-order chi connectivity index (χ1) is 6.45. The highest BCUT2D eigenvalue weighted by molar-refractivity contribution is 7.53. The van der Waals surface area contributed by atoms with Crippen LogP contribution in [0.1, 0.15) is 12.8 Å². The zero-order valence-electron chi connectivity index (χ0n) is 8.36. The molecule has 0 aliphatic rings. The molecule has 1 N–H and O–H groups in total. The van der Waals surface area contributed by atoms with E-state index in [0.717, 1.165) is 0 Å². The Balaban J connectivity index is 3.90. The van der Waals surface area contributed by atoms with Crippen LogP contribution in [0, 0.1) is 0 Å². The van der Waals surface area contributed by atoms with Crippen LogP contribution in [0.5, 0.6) is 0 Å². The Labute approximate surface area is 83.3 Å². The summed E-state index contributed by atoms with van der Waals surface area (Å²) < 4.78 is 20.9. The summed E-state index contributed by atoms with van der Waals surface area (Å²) in [6.07, 6.45) is 0.905. The van der Waals surface area contributed by atoms with E-state index in [1.165, 1.54) is 14.2 Å². The predicted molar refractivity (Wildman–Crippen MR) is 52.5 cm³/mol. The molecule has 0 aromatic carbocycles. The van der Waals surface area contributed by atoms with E-state index in [-0.39, 0.29) is 18.2 Å². The number of aliphatic carboxylic acids is 1. The number of carboxylic acids is 1. The Morgan fingerprint density at radius 1 is 1.43 bits per heavy atom. The molecule has 0 radical (unpaired) electrons. The van der Waals surface area contributed by atoms with Crippen molar-refractivity contribution in [3.8, 4) is 0 Å². The number of hydrogen-bond acceptors (Lipinski definition) is 4. The zero-order valence-corrected chi connectivity index (χ0v) is 9.25. The van der Waals surface area contributed by atoms with Crippen molar-refractivity contribution in [2.45, 2.75) is 12.8 Å². The van der Waals surface area contributed by atoms with Gasteiger partial charge in [0.05, 0.1) is 6.16 Å².